The van der Waals surface area contributed by atoms with Gasteiger partial charge >= 0.3 is 0 Å². The molecular weight excluding hydrogens is 356 g/mol. The van der Waals surface area contributed by atoms with E-state index in [1.807, 2.05) is 55.5 Å². The number of amides is 2. The normalized spacial score (nSPS) is 16.4. The molecule has 1 saturated heterocycles. The maximum absolute atomic E-state index is 12.8. The molecule has 1 N–H and O–H groups in total. The van der Waals surface area contributed by atoms with Crippen molar-refractivity contribution in [1.82, 2.24) is 25.1 Å². The van der Waals surface area contributed by atoms with Gasteiger partial charge in [-0.05, 0) is 40.6 Å². The Bertz CT molecular complexity index is 987. The largest absolute Gasteiger partial charge is 0.338 e. The lowest BCUT2D eigenvalue weighted by molar-refractivity contribution is -0.128. The van der Waals surface area contributed by atoms with Crippen LogP contribution in [0.4, 0.5) is 5.69 Å². The zero-order chi connectivity index (χ0) is 19.5. The number of nitrogens with one attached hydrogen (secondary N) is 1. The zero-order valence-electron chi connectivity index (χ0n) is 15.4. The second-order valence-corrected chi connectivity index (χ2v) is 6.85. The Hall–Kier alpha value is -3.55. The number of carbonyl (C=O) groups is 2. The lowest BCUT2D eigenvalue weighted by Gasteiger charge is -2.17. The number of rotatable bonds is 5. The van der Waals surface area contributed by atoms with Crippen LogP contribution in [0, 0.1) is 12.8 Å². The number of nitrogens with zero attached hydrogens (tertiary/aromatic N) is 5. The number of carbonyl (C=O) groups excluding carboxylic acids is 2. The van der Waals surface area contributed by atoms with E-state index in [2.05, 4.69) is 20.8 Å². The first-order valence-corrected chi connectivity index (χ1v) is 9.07. The molecule has 8 nitrogen and oxygen atoms in total. The lowest BCUT2D eigenvalue weighted by atomic mass is 10.1. The molecule has 142 valence electrons. The van der Waals surface area contributed by atoms with Crippen LogP contribution in [0.1, 0.15) is 17.5 Å². The monoisotopic (exact) mass is 376 g/mol. The van der Waals surface area contributed by atoms with Crippen molar-refractivity contribution in [3.05, 3.63) is 66.0 Å². The molecule has 0 unspecified atom stereocenters. The van der Waals surface area contributed by atoms with Gasteiger partial charge in [0.25, 0.3) is 0 Å². The number of anilines is 1. The number of benzene rings is 2. The molecule has 2 amide bonds. The Morgan fingerprint density at radius 1 is 1.18 bits per heavy atom. The van der Waals surface area contributed by atoms with E-state index in [1.165, 1.54) is 6.33 Å². The fourth-order valence-corrected chi connectivity index (χ4v) is 3.42. The number of tetrazole rings is 1. The molecule has 3 aromatic rings. The average Bonchev–Trinajstić information content (AvgIpc) is 3.35. The molecule has 0 radical (unpaired) electrons. The van der Waals surface area contributed by atoms with Gasteiger partial charge in [-0.2, -0.15) is 0 Å². The quantitative estimate of drug-likeness (QED) is 0.735. The Morgan fingerprint density at radius 3 is 2.75 bits per heavy atom. The topological polar surface area (TPSA) is 93.0 Å². The molecule has 2 heterocycles. The summed E-state index contributed by atoms with van der Waals surface area (Å²) < 4.78 is 1.55. The molecule has 0 bridgehead atoms. The Labute approximate surface area is 162 Å². The maximum Gasteiger partial charge on any atom is 0.229 e. The maximum atomic E-state index is 12.8. The highest BCUT2D eigenvalue weighted by Crippen LogP contribution is 2.25. The van der Waals surface area contributed by atoms with Gasteiger partial charge in [-0.3, -0.25) is 9.59 Å². The number of likely N-dealkylation sites (tertiary alicyclic amines) is 1. The predicted octanol–water partition coefficient (Wildman–Crippen LogP) is 1.96. The average molecular weight is 376 g/mol. The molecule has 1 fully saturated rings. The fourth-order valence-electron chi connectivity index (χ4n) is 3.42. The second kappa shape index (κ2) is 7.59. The van der Waals surface area contributed by atoms with E-state index in [0.717, 1.165) is 16.8 Å². The van der Waals surface area contributed by atoms with Crippen LogP contribution in [0.3, 0.4) is 0 Å². The van der Waals surface area contributed by atoms with Gasteiger partial charge in [0.05, 0.1) is 11.6 Å². The molecule has 1 aromatic heterocycles. The van der Waals surface area contributed by atoms with Crippen molar-refractivity contribution >= 4 is 17.5 Å². The van der Waals surface area contributed by atoms with Crippen LogP contribution in [-0.2, 0) is 16.1 Å². The predicted molar refractivity (Wildman–Crippen MR) is 102 cm³/mol. The first kappa shape index (κ1) is 17.8. The van der Waals surface area contributed by atoms with Gasteiger partial charge in [0.1, 0.15) is 6.33 Å². The minimum atomic E-state index is -0.368. The summed E-state index contributed by atoms with van der Waals surface area (Å²) in [5, 5.41) is 14.1. The van der Waals surface area contributed by atoms with Crippen LogP contribution in [0.5, 0.6) is 0 Å². The summed E-state index contributed by atoms with van der Waals surface area (Å²) in [5.41, 5.74) is 3.39. The summed E-state index contributed by atoms with van der Waals surface area (Å²) in [5.74, 6) is -0.517. The van der Waals surface area contributed by atoms with Gasteiger partial charge in [0.15, 0.2) is 0 Å². The molecule has 4 rings (SSSR count). The third kappa shape index (κ3) is 3.62. The van der Waals surface area contributed by atoms with Crippen molar-refractivity contribution in [3.8, 4) is 5.69 Å². The Balaban J connectivity index is 1.45. The van der Waals surface area contributed by atoms with Crippen molar-refractivity contribution in [2.45, 2.75) is 19.9 Å². The first-order chi connectivity index (χ1) is 13.6. The first-order valence-electron chi connectivity index (χ1n) is 9.07. The van der Waals surface area contributed by atoms with Crippen molar-refractivity contribution < 1.29 is 9.59 Å². The molecule has 0 spiro atoms. The van der Waals surface area contributed by atoms with Crippen LogP contribution in [0.15, 0.2) is 54.9 Å². The van der Waals surface area contributed by atoms with E-state index < -0.39 is 0 Å². The van der Waals surface area contributed by atoms with E-state index in [0.29, 0.717) is 18.8 Å². The molecule has 1 aliphatic heterocycles. The van der Waals surface area contributed by atoms with Crippen molar-refractivity contribution in [3.63, 3.8) is 0 Å². The smallest absolute Gasteiger partial charge is 0.229 e. The van der Waals surface area contributed by atoms with Gasteiger partial charge < -0.3 is 10.2 Å². The molecule has 8 heteroatoms. The van der Waals surface area contributed by atoms with E-state index in [-0.39, 0.29) is 24.2 Å². The molecule has 28 heavy (non-hydrogen) atoms. The Kier molecular flexibility index (Phi) is 4.84. The molecule has 0 saturated carbocycles. The van der Waals surface area contributed by atoms with Gasteiger partial charge in [-0.15, -0.1) is 5.10 Å². The van der Waals surface area contributed by atoms with Crippen LogP contribution in [-0.4, -0.2) is 43.5 Å². The van der Waals surface area contributed by atoms with Crippen LogP contribution in [0.2, 0.25) is 0 Å². The van der Waals surface area contributed by atoms with E-state index >= 15 is 0 Å². The zero-order valence-corrected chi connectivity index (χ0v) is 15.4. The van der Waals surface area contributed by atoms with E-state index in [9.17, 15) is 9.59 Å². The molecular formula is C20H20N6O2. The summed E-state index contributed by atoms with van der Waals surface area (Å²) in [6, 6.07) is 15.3. The van der Waals surface area contributed by atoms with Gasteiger partial charge in [-0.25, -0.2) is 4.68 Å². The highest BCUT2D eigenvalue weighted by molar-refractivity contribution is 5.98. The number of hydrogen-bond acceptors (Lipinski definition) is 5. The standard InChI is InChI=1S/C20H20N6O2/c1-14-17(8-5-9-18(14)26-13-21-23-24-26)22-20(28)16-10-19(27)25(12-16)11-15-6-3-2-4-7-15/h2-9,13,16H,10-12H2,1H3,(H,22,28)/t16-/m1/s1. The van der Waals surface area contributed by atoms with E-state index in [4.69, 9.17) is 0 Å². The third-order valence-electron chi connectivity index (χ3n) is 4.96. The minimum Gasteiger partial charge on any atom is -0.338 e. The van der Waals surface area contributed by atoms with Crippen LogP contribution >= 0.6 is 0 Å². The summed E-state index contributed by atoms with van der Waals surface area (Å²) in [6.07, 6.45) is 1.73. The van der Waals surface area contributed by atoms with Gasteiger partial charge in [-0.1, -0.05) is 36.4 Å². The molecule has 2 aromatic carbocycles. The van der Waals surface area contributed by atoms with Gasteiger partial charge in [0.2, 0.25) is 11.8 Å². The highest BCUT2D eigenvalue weighted by atomic mass is 16.2. The number of hydrogen-bond donors (Lipinski definition) is 1. The van der Waals surface area contributed by atoms with Crippen LogP contribution in [0.25, 0.3) is 5.69 Å². The number of aromatic nitrogens is 4. The molecule has 1 atom stereocenters. The van der Waals surface area contributed by atoms with Gasteiger partial charge in [0, 0.05) is 25.2 Å². The third-order valence-corrected chi connectivity index (χ3v) is 4.96. The van der Waals surface area contributed by atoms with Crippen molar-refractivity contribution in [2.24, 2.45) is 5.92 Å². The summed E-state index contributed by atoms with van der Waals surface area (Å²) in [6.45, 7) is 2.84. The van der Waals surface area contributed by atoms with E-state index in [1.54, 1.807) is 9.58 Å². The fraction of sp³-hybridized carbons (Fsp3) is 0.250. The van der Waals surface area contributed by atoms with Crippen molar-refractivity contribution in [2.75, 3.05) is 11.9 Å². The summed E-state index contributed by atoms with van der Waals surface area (Å²) in [4.78, 5) is 26.9. The highest BCUT2D eigenvalue weighted by Gasteiger charge is 2.34. The molecule has 1 aliphatic rings. The summed E-state index contributed by atoms with van der Waals surface area (Å²) in [7, 11) is 0. The Morgan fingerprint density at radius 2 is 2.00 bits per heavy atom. The van der Waals surface area contributed by atoms with Crippen molar-refractivity contribution in [1.29, 1.82) is 0 Å². The van der Waals surface area contributed by atoms with Crippen LogP contribution < -0.4 is 5.32 Å². The lowest BCUT2D eigenvalue weighted by Crippen LogP contribution is -2.28. The molecule has 0 aliphatic carbocycles. The second-order valence-electron chi connectivity index (χ2n) is 6.85. The SMILES string of the molecule is Cc1c(NC(=O)[C@@H]2CC(=O)N(Cc3ccccc3)C2)cccc1-n1cnnn1. The summed E-state index contributed by atoms with van der Waals surface area (Å²) >= 11 is 0. The minimum absolute atomic E-state index is 0.00293.